The monoisotopic (exact) mass is 362 g/mol. The lowest BCUT2D eigenvalue weighted by molar-refractivity contribution is 0.236. The highest BCUT2D eigenvalue weighted by atomic mass is 19.1. The summed E-state index contributed by atoms with van der Waals surface area (Å²) < 4.78 is 28.7. The molecule has 0 saturated heterocycles. The van der Waals surface area contributed by atoms with Gasteiger partial charge in [-0.2, -0.15) is 0 Å². The first-order chi connectivity index (χ1) is 12.6. The highest BCUT2D eigenvalue weighted by molar-refractivity contribution is 5.73. The van der Waals surface area contributed by atoms with Crippen LogP contribution in [0.25, 0.3) is 0 Å². The van der Waals surface area contributed by atoms with Crippen LogP contribution in [-0.4, -0.2) is 39.9 Å². The Labute approximate surface area is 152 Å². The van der Waals surface area contributed by atoms with Gasteiger partial charge in [0.15, 0.2) is 0 Å². The van der Waals surface area contributed by atoms with Gasteiger partial charge < -0.3 is 24.8 Å². The minimum absolute atomic E-state index is 0.270. The Bertz CT molecular complexity index is 685. The lowest BCUT2D eigenvalue weighted by Crippen LogP contribution is -2.38. The summed E-state index contributed by atoms with van der Waals surface area (Å²) in [6, 6.07) is 11.2. The third-order valence-electron chi connectivity index (χ3n) is 3.59. The third kappa shape index (κ3) is 6.51. The smallest absolute Gasteiger partial charge is 0.314 e. The molecule has 0 unspecified atom stereocenters. The van der Waals surface area contributed by atoms with Crippen molar-refractivity contribution in [2.75, 3.05) is 33.9 Å². The molecule has 26 heavy (non-hydrogen) atoms. The molecule has 2 aromatic rings. The van der Waals surface area contributed by atoms with Gasteiger partial charge in [0.1, 0.15) is 29.7 Å². The van der Waals surface area contributed by atoms with Gasteiger partial charge in [-0.25, -0.2) is 9.18 Å². The van der Waals surface area contributed by atoms with Gasteiger partial charge in [-0.05, 0) is 24.1 Å². The predicted octanol–water partition coefficient (Wildman–Crippen LogP) is 2.76. The summed E-state index contributed by atoms with van der Waals surface area (Å²) in [4.78, 5) is 11.7. The molecule has 2 N–H and O–H groups in total. The third-order valence-corrected chi connectivity index (χ3v) is 3.59. The van der Waals surface area contributed by atoms with E-state index in [4.69, 9.17) is 14.2 Å². The van der Waals surface area contributed by atoms with E-state index in [9.17, 15) is 9.18 Å². The second-order valence-electron chi connectivity index (χ2n) is 5.46. The van der Waals surface area contributed by atoms with Crippen molar-refractivity contribution in [3.8, 4) is 17.2 Å². The van der Waals surface area contributed by atoms with E-state index in [-0.39, 0.29) is 11.8 Å². The van der Waals surface area contributed by atoms with E-state index in [0.717, 1.165) is 5.56 Å². The topological polar surface area (TPSA) is 68.8 Å². The minimum atomic E-state index is -0.279. The number of carbonyl (C=O) groups is 1. The van der Waals surface area contributed by atoms with Gasteiger partial charge in [-0.3, -0.25) is 0 Å². The molecule has 0 radical (unpaired) electrons. The number of halogens is 1. The average molecular weight is 362 g/mol. The molecule has 0 atom stereocenters. The molecule has 0 bridgehead atoms. The first-order valence-electron chi connectivity index (χ1n) is 8.22. The summed E-state index contributed by atoms with van der Waals surface area (Å²) in [5, 5.41) is 5.45. The number of methoxy groups -OCH3 is 2. The van der Waals surface area contributed by atoms with Crippen molar-refractivity contribution in [3.05, 3.63) is 53.8 Å². The normalized spacial score (nSPS) is 10.1. The van der Waals surface area contributed by atoms with Crippen LogP contribution in [0.3, 0.4) is 0 Å². The van der Waals surface area contributed by atoms with Crippen LogP contribution in [0, 0.1) is 5.82 Å². The Morgan fingerprint density at radius 1 is 0.923 bits per heavy atom. The van der Waals surface area contributed by atoms with Crippen molar-refractivity contribution in [3.63, 3.8) is 0 Å². The van der Waals surface area contributed by atoms with Crippen LogP contribution in [0.2, 0.25) is 0 Å². The zero-order valence-electron chi connectivity index (χ0n) is 14.9. The van der Waals surface area contributed by atoms with Crippen molar-refractivity contribution in [2.45, 2.75) is 6.42 Å². The standard InChI is InChI=1S/C19H23FN2O4/c1-24-16-11-17(25-2)13-18(12-16)26-10-9-22-19(23)21-8-7-14-3-5-15(20)6-4-14/h3-6,11-13H,7-10H2,1-2H3,(H2,21,22,23). The van der Waals surface area contributed by atoms with Crippen LogP contribution in [-0.2, 0) is 6.42 Å². The summed E-state index contributed by atoms with van der Waals surface area (Å²) in [7, 11) is 3.13. The number of hydrogen-bond donors (Lipinski definition) is 2. The summed E-state index contributed by atoms with van der Waals surface area (Å²) >= 11 is 0. The zero-order chi connectivity index (χ0) is 18.8. The van der Waals surface area contributed by atoms with E-state index in [1.54, 1.807) is 44.6 Å². The second kappa shape index (κ2) is 10.1. The van der Waals surface area contributed by atoms with E-state index in [2.05, 4.69) is 10.6 Å². The first kappa shape index (κ1) is 19.4. The molecular weight excluding hydrogens is 339 g/mol. The number of rotatable bonds is 9. The van der Waals surface area contributed by atoms with Gasteiger partial charge in [-0.15, -0.1) is 0 Å². The fourth-order valence-electron chi connectivity index (χ4n) is 2.23. The summed E-state index contributed by atoms with van der Waals surface area (Å²) in [5.74, 6) is 1.59. The Morgan fingerprint density at radius 2 is 1.50 bits per heavy atom. The molecule has 0 fully saturated rings. The molecule has 2 amide bonds. The SMILES string of the molecule is COc1cc(OC)cc(OCCNC(=O)NCCc2ccc(F)cc2)c1. The molecule has 140 valence electrons. The maximum atomic E-state index is 12.8. The summed E-state index contributed by atoms with van der Waals surface area (Å²) in [6.45, 7) is 1.12. The molecule has 0 aliphatic rings. The molecule has 2 aromatic carbocycles. The van der Waals surface area contributed by atoms with Crippen LogP contribution >= 0.6 is 0 Å². The summed E-state index contributed by atoms with van der Waals surface area (Å²) in [6.07, 6.45) is 0.633. The van der Waals surface area contributed by atoms with E-state index in [0.29, 0.717) is 43.4 Å². The molecular formula is C19H23FN2O4. The highest BCUT2D eigenvalue weighted by Crippen LogP contribution is 2.27. The highest BCUT2D eigenvalue weighted by Gasteiger charge is 2.04. The zero-order valence-corrected chi connectivity index (χ0v) is 14.9. The first-order valence-corrected chi connectivity index (χ1v) is 8.22. The fourth-order valence-corrected chi connectivity index (χ4v) is 2.23. The maximum absolute atomic E-state index is 12.8. The molecule has 0 saturated carbocycles. The number of amides is 2. The van der Waals surface area contributed by atoms with E-state index >= 15 is 0 Å². The minimum Gasteiger partial charge on any atom is -0.496 e. The molecule has 6 nitrogen and oxygen atoms in total. The molecule has 0 aromatic heterocycles. The number of carbonyl (C=O) groups excluding carboxylic acids is 1. The van der Waals surface area contributed by atoms with E-state index < -0.39 is 0 Å². The van der Waals surface area contributed by atoms with Crippen LogP contribution in [0.5, 0.6) is 17.2 Å². The molecule has 0 aliphatic heterocycles. The van der Waals surface area contributed by atoms with E-state index in [1.165, 1.54) is 12.1 Å². The van der Waals surface area contributed by atoms with Crippen molar-refractivity contribution in [1.29, 1.82) is 0 Å². The van der Waals surface area contributed by atoms with Crippen molar-refractivity contribution < 1.29 is 23.4 Å². The lowest BCUT2D eigenvalue weighted by atomic mass is 10.1. The fraction of sp³-hybridized carbons (Fsp3) is 0.316. The van der Waals surface area contributed by atoms with Crippen LogP contribution in [0.1, 0.15) is 5.56 Å². The Balaban J connectivity index is 1.64. The predicted molar refractivity (Wildman–Crippen MR) is 96.5 cm³/mol. The molecule has 0 heterocycles. The maximum Gasteiger partial charge on any atom is 0.314 e. The molecule has 2 rings (SSSR count). The quantitative estimate of drug-likeness (QED) is 0.673. The van der Waals surface area contributed by atoms with Crippen LogP contribution in [0.4, 0.5) is 9.18 Å². The largest absolute Gasteiger partial charge is 0.496 e. The van der Waals surface area contributed by atoms with Gasteiger partial charge in [0.2, 0.25) is 0 Å². The van der Waals surface area contributed by atoms with Gasteiger partial charge in [-0.1, -0.05) is 12.1 Å². The van der Waals surface area contributed by atoms with Gasteiger partial charge in [0.25, 0.3) is 0 Å². The van der Waals surface area contributed by atoms with Gasteiger partial charge in [0, 0.05) is 24.7 Å². The Kier molecular flexibility index (Phi) is 7.54. The Hall–Kier alpha value is -2.96. The summed E-state index contributed by atoms with van der Waals surface area (Å²) in [5.41, 5.74) is 0.960. The number of nitrogens with one attached hydrogen (secondary N) is 2. The van der Waals surface area contributed by atoms with Crippen molar-refractivity contribution >= 4 is 6.03 Å². The van der Waals surface area contributed by atoms with Crippen LogP contribution in [0.15, 0.2) is 42.5 Å². The van der Waals surface area contributed by atoms with Crippen molar-refractivity contribution in [1.82, 2.24) is 10.6 Å². The van der Waals surface area contributed by atoms with E-state index in [1.807, 2.05) is 0 Å². The average Bonchev–Trinajstić information content (AvgIpc) is 2.66. The Morgan fingerprint density at radius 3 is 2.12 bits per heavy atom. The second-order valence-corrected chi connectivity index (χ2v) is 5.46. The molecule has 0 aliphatic carbocycles. The lowest BCUT2D eigenvalue weighted by Gasteiger charge is -2.11. The van der Waals surface area contributed by atoms with Gasteiger partial charge in [0.05, 0.1) is 20.8 Å². The molecule has 7 heteroatoms. The number of benzene rings is 2. The number of urea groups is 1. The molecule has 0 spiro atoms. The van der Waals surface area contributed by atoms with Crippen LogP contribution < -0.4 is 24.8 Å². The van der Waals surface area contributed by atoms with Crippen molar-refractivity contribution in [2.24, 2.45) is 0 Å². The number of hydrogen-bond acceptors (Lipinski definition) is 4. The number of ether oxygens (including phenoxy) is 3. The van der Waals surface area contributed by atoms with Gasteiger partial charge >= 0.3 is 6.03 Å².